The number of carbonyl (C=O) groups excluding carboxylic acids is 2. The number of hydrogen-bond acceptors (Lipinski definition) is 5. The number of anilines is 2. The fraction of sp³-hybridized carbons (Fsp3) is 0.0909. The molecule has 9 nitrogen and oxygen atoms in total. The lowest BCUT2D eigenvalue weighted by Gasteiger charge is -2.06. The lowest BCUT2D eigenvalue weighted by atomic mass is 10.2. The third-order valence-electron chi connectivity index (χ3n) is 4.68. The Morgan fingerprint density at radius 3 is 2.52 bits per heavy atom. The van der Waals surface area contributed by atoms with Gasteiger partial charge >= 0.3 is 5.69 Å². The lowest BCUT2D eigenvalue weighted by Crippen LogP contribution is -2.28. The van der Waals surface area contributed by atoms with Gasteiger partial charge in [0.15, 0.2) is 5.65 Å². The Morgan fingerprint density at radius 1 is 1.03 bits per heavy atom. The SMILES string of the molecule is COc1ccc(NC(=O)c2ccc3nn(CC(=O)Nc4cc(F)ccc4F)c(=O)n3c2)cc1. The minimum Gasteiger partial charge on any atom is -0.497 e. The summed E-state index contributed by atoms with van der Waals surface area (Å²) in [5.74, 6) is -2.14. The molecular weight excluding hydrogens is 436 g/mol. The van der Waals surface area contributed by atoms with Crippen molar-refractivity contribution < 1.29 is 23.1 Å². The number of hydrogen-bond donors (Lipinski definition) is 2. The highest BCUT2D eigenvalue weighted by molar-refractivity contribution is 6.04. The number of halogens is 2. The zero-order chi connectivity index (χ0) is 23.5. The number of carbonyl (C=O) groups is 2. The fourth-order valence-electron chi connectivity index (χ4n) is 3.05. The largest absolute Gasteiger partial charge is 0.497 e. The molecule has 2 N–H and O–H groups in total. The predicted octanol–water partition coefficient (Wildman–Crippen LogP) is 2.67. The standard InChI is InChI=1S/C22H17F2N5O4/c1-33-16-6-4-15(5-7-16)25-21(31)13-2-9-19-27-29(22(32)28(19)11-13)12-20(30)26-18-10-14(23)3-8-17(18)24/h2-11H,12H2,1H3,(H,25,31)(H,26,30). The number of fused-ring (bicyclic) bond motifs is 1. The topological polar surface area (TPSA) is 107 Å². The van der Waals surface area contributed by atoms with Gasteiger partial charge in [0.1, 0.15) is 23.9 Å². The maximum atomic E-state index is 13.7. The Bertz CT molecular complexity index is 1410. The first kappa shape index (κ1) is 21.7. The van der Waals surface area contributed by atoms with E-state index in [9.17, 15) is 23.2 Å². The van der Waals surface area contributed by atoms with E-state index < -0.39 is 35.7 Å². The van der Waals surface area contributed by atoms with Gasteiger partial charge in [0.05, 0.1) is 18.4 Å². The molecule has 2 amide bonds. The van der Waals surface area contributed by atoms with Crippen molar-refractivity contribution in [2.75, 3.05) is 17.7 Å². The predicted molar refractivity (Wildman–Crippen MR) is 115 cm³/mol. The van der Waals surface area contributed by atoms with Crippen LogP contribution in [0, 0.1) is 11.6 Å². The van der Waals surface area contributed by atoms with Gasteiger partial charge in [-0.2, -0.15) is 0 Å². The fourth-order valence-corrected chi connectivity index (χ4v) is 3.05. The van der Waals surface area contributed by atoms with Crippen LogP contribution in [0.2, 0.25) is 0 Å². The molecule has 2 aromatic carbocycles. The average molecular weight is 453 g/mol. The first-order valence-corrected chi connectivity index (χ1v) is 9.63. The van der Waals surface area contributed by atoms with Crippen molar-refractivity contribution in [3.63, 3.8) is 0 Å². The van der Waals surface area contributed by atoms with Crippen LogP contribution in [-0.4, -0.2) is 33.1 Å². The van der Waals surface area contributed by atoms with Gasteiger partial charge < -0.3 is 15.4 Å². The monoisotopic (exact) mass is 453 g/mol. The van der Waals surface area contributed by atoms with Crippen LogP contribution in [0.15, 0.2) is 65.6 Å². The van der Waals surface area contributed by atoms with Crippen LogP contribution < -0.4 is 21.1 Å². The van der Waals surface area contributed by atoms with Crippen LogP contribution in [0.1, 0.15) is 10.4 Å². The quantitative estimate of drug-likeness (QED) is 0.467. The summed E-state index contributed by atoms with van der Waals surface area (Å²) in [6.45, 7) is -0.538. The van der Waals surface area contributed by atoms with Crippen molar-refractivity contribution >= 4 is 28.8 Å². The van der Waals surface area contributed by atoms with E-state index in [2.05, 4.69) is 15.7 Å². The smallest absolute Gasteiger partial charge is 0.350 e. The zero-order valence-electron chi connectivity index (χ0n) is 17.2. The van der Waals surface area contributed by atoms with Gasteiger partial charge in [-0.3, -0.25) is 9.59 Å². The summed E-state index contributed by atoms with van der Waals surface area (Å²) in [6.07, 6.45) is 1.30. The van der Waals surface area contributed by atoms with Crippen LogP contribution in [0.4, 0.5) is 20.2 Å². The molecule has 2 aromatic heterocycles. The van der Waals surface area contributed by atoms with Crippen molar-refractivity contribution in [1.29, 1.82) is 0 Å². The van der Waals surface area contributed by atoms with Crippen molar-refractivity contribution in [2.24, 2.45) is 0 Å². The first-order chi connectivity index (χ1) is 15.8. The number of benzene rings is 2. The van der Waals surface area contributed by atoms with E-state index in [0.29, 0.717) is 11.4 Å². The molecule has 0 fully saturated rings. The van der Waals surface area contributed by atoms with Crippen LogP contribution in [0.25, 0.3) is 5.65 Å². The molecule has 2 heterocycles. The Morgan fingerprint density at radius 2 is 1.79 bits per heavy atom. The molecule has 0 spiro atoms. The maximum Gasteiger partial charge on any atom is 0.350 e. The number of nitrogens with zero attached hydrogens (tertiary/aromatic N) is 3. The number of nitrogens with one attached hydrogen (secondary N) is 2. The Hall–Kier alpha value is -4.54. The third-order valence-corrected chi connectivity index (χ3v) is 4.68. The van der Waals surface area contributed by atoms with Crippen molar-refractivity contribution in [3.05, 3.63) is 88.5 Å². The van der Waals surface area contributed by atoms with Crippen LogP contribution in [-0.2, 0) is 11.3 Å². The van der Waals surface area contributed by atoms with E-state index in [1.807, 2.05) is 0 Å². The molecule has 0 saturated heterocycles. The van der Waals surface area contributed by atoms with Gasteiger partial charge in [-0.15, -0.1) is 5.10 Å². The number of amides is 2. The molecule has 0 radical (unpaired) electrons. The van der Waals surface area contributed by atoms with Gasteiger partial charge in [0.2, 0.25) is 5.91 Å². The third kappa shape index (κ3) is 4.71. The molecule has 0 atom stereocenters. The highest BCUT2D eigenvalue weighted by Crippen LogP contribution is 2.17. The minimum atomic E-state index is -0.820. The summed E-state index contributed by atoms with van der Waals surface area (Å²) >= 11 is 0. The van der Waals surface area contributed by atoms with Gasteiger partial charge in [-0.1, -0.05) is 0 Å². The van der Waals surface area contributed by atoms with E-state index in [-0.39, 0.29) is 16.9 Å². The molecule has 0 unspecified atom stereocenters. The van der Waals surface area contributed by atoms with E-state index in [1.165, 1.54) is 25.4 Å². The number of methoxy groups -OCH3 is 1. The minimum absolute atomic E-state index is 0.186. The summed E-state index contributed by atoms with van der Waals surface area (Å²) in [5.41, 5.74) is -0.115. The number of rotatable bonds is 6. The zero-order valence-corrected chi connectivity index (χ0v) is 17.2. The second-order valence-corrected chi connectivity index (χ2v) is 6.94. The van der Waals surface area contributed by atoms with Crippen molar-refractivity contribution in [3.8, 4) is 5.75 Å². The van der Waals surface area contributed by atoms with Gasteiger partial charge in [0, 0.05) is 18.0 Å². The Balaban J connectivity index is 1.51. The molecular formula is C22H17F2N5O4. The Labute approximate surface area is 185 Å². The van der Waals surface area contributed by atoms with Crippen molar-refractivity contribution in [1.82, 2.24) is 14.2 Å². The van der Waals surface area contributed by atoms with Crippen LogP contribution >= 0.6 is 0 Å². The van der Waals surface area contributed by atoms with Crippen LogP contribution in [0.5, 0.6) is 5.75 Å². The maximum absolute atomic E-state index is 13.7. The molecule has 33 heavy (non-hydrogen) atoms. The van der Waals surface area contributed by atoms with E-state index in [0.717, 1.165) is 27.3 Å². The molecule has 4 aromatic rings. The summed E-state index contributed by atoms with van der Waals surface area (Å²) < 4.78 is 34.0. The highest BCUT2D eigenvalue weighted by atomic mass is 19.1. The molecule has 11 heteroatoms. The van der Waals surface area contributed by atoms with E-state index in [1.54, 1.807) is 24.3 Å². The van der Waals surface area contributed by atoms with Gasteiger partial charge in [-0.25, -0.2) is 22.7 Å². The van der Waals surface area contributed by atoms with Gasteiger partial charge in [-0.05, 0) is 48.5 Å². The average Bonchev–Trinajstić information content (AvgIpc) is 3.11. The summed E-state index contributed by atoms with van der Waals surface area (Å²) in [6, 6.07) is 12.3. The molecule has 0 aliphatic rings. The summed E-state index contributed by atoms with van der Waals surface area (Å²) in [4.78, 5) is 37.4. The molecule has 168 valence electrons. The lowest BCUT2D eigenvalue weighted by molar-refractivity contribution is -0.117. The molecule has 0 bridgehead atoms. The molecule has 4 rings (SSSR count). The van der Waals surface area contributed by atoms with Gasteiger partial charge in [0.25, 0.3) is 5.91 Å². The normalized spacial score (nSPS) is 10.8. The van der Waals surface area contributed by atoms with E-state index in [4.69, 9.17) is 4.74 Å². The molecule has 0 aliphatic heterocycles. The van der Waals surface area contributed by atoms with Crippen LogP contribution in [0.3, 0.4) is 0 Å². The number of ether oxygens (including phenoxy) is 1. The Kier molecular flexibility index (Phi) is 5.85. The van der Waals surface area contributed by atoms with Crippen molar-refractivity contribution in [2.45, 2.75) is 6.54 Å². The second kappa shape index (κ2) is 8.91. The van der Waals surface area contributed by atoms with E-state index >= 15 is 0 Å². The molecule has 0 aliphatic carbocycles. The molecule has 0 saturated carbocycles. The second-order valence-electron chi connectivity index (χ2n) is 6.94. The number of aromatic nitrogens is 3. The number of pyridine rings is 1. The summed E-state index contributed by atoms with van der Waals surface area (Å²) in [5, 5.41) is 8.93. The summed E-state index contributed by atoms with van der Waals surface area (Å²) in [7, 11) is 1.53. The first-order valence-electron chi connectivity index (χ1n) is 9.63. The highest BCUT2D eigenvalue weighted by Gasteiger charge is 2.15.